The molecule has 22 heavy (non-hydrogen) atoms. The fourth-order valence-corrected chi connectivity index (χ4v) is 2.13. The zero-order chi connectivity index (χ0) is 16.5. The number of carbonyl (C=O) groups excluding carboxylic acids is 2. The second-order valence-electron chi connectivity index (χ2n) is 5.80. The Bertz CT molecular complexity index is 642. The third-order valence-electron chi connectivity index (χ3n) is 3.19. The third kappa shape index (κ3) is 2.90. The summed E-state index contributed by atoms with van der Waals surface area (Å²) in [5.74, 6) is 0.661. The van der Waals surface area contributed by atoms with Gasteiger partial charge in [0.25, 0.3) is 5.91 Å². The summed E-state index contributed by atoms with van der Waals surface area (Å²) in [6, 6.07) is 5.15. The molecule has 0 radical (unpaired) electrons. The van der Waals surface area contributed by atoms with Crippen LogP contribution in [0.5, 0.6) is 11.5 Å². The number of cyclic esters (lactones) is 1. The lowest BCUT2D eigenvalue weighted by Crippen LogP contribution is -2.44. The smallest absolute Gasteiger partial charge is 0.423 e. The van der Waals surface area contributed by atoms with Gasteiger partial charge in [0, 0.05) is 17.2 Å². The van der Waals surface area contributed by atoms with Crippen LogP contribution in [0, 0.1) is 0 Å². The molecule has 1 saturated heterocycles. The van der Waals surface area contributed by atoms with Gasteiger partial charge in [0.15, 0.2) is 5.76 Å². The molecule has 6 heteroatoms. The Morgan fingerprint density at radius 1 is 1.14 bits per heavy atom. The summed E-state index contributed by atoms with van der Waals surface area (Å²) in [4.78, 5) is 25.3. The number of benzene rings is 1. The molecule has 1 aliphatic rings. The molecular formula is C16H19NO5. The highest BCUT2D eigenvalue weighted by Crippen LogP contribution is 2.30. The summed E-state index contributed by atoms with van der Waals surface area (Å²) in [6.07, 6.45) is 0.820. The van der Waals surface area contributed by atoms with E-state index in [-0.39, 0.29) is 5.76 Å². The van der Waals surface area contributed by atoms with Gasteiger partial charge in [0.2, 0.25) is 0 Å². The Balaban J connectivity index is 2.39. The minimum absolute atomic E-state index is 0.0246. The van der Waals surface area contributed by atoms with E-state index in [4.69, 9.17) is 14.2 Å². The van der Waals surface area contributed by atoms with Crippen LogP contribution < -0.4 is 9.47 Å². The summed E-state index contributed by atoms with van der Waals surface area (Å²) in [7, 11) is 3.07. The summed E-state index contributed by atoms with van der Waals surface area (Å²) in [5.41, 5.74) is -0.0245. The number of imide groups is 1. The summed E-state index contributed by atoms with van der Waals surface area (Å²) < 4.78 is 15.5. The molecule has 1 fully saturated rings. The van der Waals surface area contributed by atoms with Gasteiger partial charge in [-0.05, 0) is 39.0 Å². The standard InChI is InChI=1S/C16H19NO5/c1-16(2,3)17-14(18)13(22-15(17)19)8-10-6-7-11(20-4)9-12(10)21-5/h6-9H,1-5H3. The number of rotatable bonds is 3. The van der Waals surface area contributed by atoms with Crippen molar-refractivity contribution in [3.05, 3.63) is 29.5 Å². The molecule has 0 saturated carbocycles. The molecule has 0 N–H and O–H groups in total. The Labute approximate surface area is 129 Å². The van der Waals surface area contributed by atoms with Gasteiger partial charge in [-0.2, -0.15) is 0 Å². The number of amides is 2. The van der Waals surface area contributed by atoms with E-state index in [9.17, 15) is 9.59 Å². The molecule has 0 bridgehead atoms. The van der Waals surface area contributed by atoms with Crippen molar-refractivity contribution in [1.82, 2.24) is 4.90 Å². The normalized spacial score (nSPS) is 17.0. The molecule has 1 aromatic rings. The first-order chi connectivity index (χ1) is 10.3. The Hall–Kier alpha value is -2.50. The molecule has 1 aliphatic heterocycles. The van der Waals surface area contributed by atoms with Crippen LogP contribution in [0.25, 0.3) is 6.08 Å². The predicted octanol–water partition coefficient (Wildman–Crippen LogP) is 2.82. The van der Waals surface area contributed by atoms with Crippen molar-refractivity contribution >= 4 is 18.1 Å². The molecule has 0 unspecified atom stereocenters. The number of methoxy groups -OCH3 is 2. The van der Waals surface area contributed by atoms with Crippen molar-refractivity contribution < 1.29 is 23.8 Å². The van der Waals surface area contributed by atoms with Crippen LogP contribution in [0.2, 0.25) is 0 Å². The van der Waals surface area contributed by atoms with E-state index in [1.165, 1.54) is 13.2 Å². The highest BCUT2D eigenvalue weighted by Gasteiger charge is 2.43. The first-order valence-electron chi connectivity index (χ1n) is 6.78. The molecule has 2 rings (SSSR count). The molecular weight excluding hydrogens is 286 g/mol. The Kier molecular flexibility index (Phi) is 4.12. The predicted molar refractivity (Wildman–Crippen MR) is 80.6 cm³/mol. The van der Waals surface area contributed by atoms with Crippen molar-refractivity contribution in [2.45, 2.75) is 26.3 Å². The van der Waals surface area contributed by atoms with Crippen molar-refractivity contribution in [3.8, 4) is 11.5 Å². The molecule has 0 atom stereocenters. The van der Waals surface area contributed by atoms with E-state index in [1.54, 1.807) is 46.1 Å². The van der Waals surface area contributed by atoms with Crippen LogP contribution in [0.4, 0.5) is 4.79 Å². The molecule has 2 amide bonds. The minimum atomic E-state index is -0.670. The van der Waals surface area contributed by atoms with E-state index >= 15 is 0 Å². The molecule has 1 heterocycles. The lowest BCUT2D eigenvalue weighted by atomic mass is 10.1. The van der Waals surface area contributed by atoms with Crippen LogP contribution >= 0.6 is 0 Å². The highest BCUT2D eigenvalue weighted by molar-refractivity contribution is 6.10. The van der Waals surface area contributed by atoms with Gasteiger partial charge >= 0.3 is 6.09 Å². The van der Waals surface area contributed by atoms with Crippen LogP contribution in [-0.4, -0.2) is 36.7 Å². The van der Waals surface area contributed by atoms with Gasteiger partial charge in [0.05, 0.1) is 14.2 Å². The van der Waals surface area contributed by atoms with E-state index < -0.39 is 17.5 Å². The Morgan fingerprint density at radius 2 is 1.82 bits per heavy atom. The monoisotopic (exact) mass is 305 g/mol. The lowest BCUT2D eigenvalue weighted by Gasteiger charge is -2.26. The molecule has 118 valence electrons. The molecule has 6 nitrogen and oxygen atoms in total. The SMILES string of the molecule is COc1ccc(C=C2OC(=O)N(C(C)(C)C)C2=O)c(OC)c1. The zero-order valence-electron chi connectivity index (χ0n) is 13.3. The quantitative estimate of drug-likeness (QED) is 0.803. The second-order valence-corrected chi connectivity index (χ2v) is 5.80. The van der Waals surface area contributed by atoms with Crippen LogP contribution in [0.3, 0.4) is 0 Å². The molecule has 0 spiro atoms. The number of ether oxygens (including phenoxy) is 3. The maximum atomic E-state index is 12.3. The fourth-order valence-electron chi connectivity index (χ4n) is 2.13. The van der Waals surface area contributed by atoms with Gasteiger partial charge in [-0.15, -0.1) is 0 Å². The first kappa shape index (κ1) is 15.9. The number of carbonyl (C=O) groups is 2. The molecule has 0 aliphatic carbocycles. The van der Waals surface area contributed by atoms with Crippen LogP contribution in [-0.2, 0) is 9.53 Å². The van der Waals surface area contributed by atoms with Crippen molar-refractivity contribution in [2.24, 2.45) is 0 Å². The van der Waals surface area contributed by atoms with Gasteiger partial charge < -0.3 is 14.2 Å². The van der Waals surface area contributed by atoms with Crippen molar-refractivity contribution in [1.29, 1.82) is 0 Å². The highest BCUT2D eigenvalue weighted by atomic mass is 16.6. The largest absolute Gasteiger partial charge is 0.497 e. The summed E-state index contributed by atoms with van der Waals surface area (Å²) in [5, 5.41) is 0. The summed E-state index contributed by atoms with van der Waals surface area (Å²) >= 11 is 0. The second kappa shape index (κ2) is 5.71. The number of hydrogen-bond acceptors (Lipinski definition) is 5. The fraction of sp³-hybridized carbons (Fsp3) is 0.375. The molecule has 0 aromatic heterocycles. The van der Waals surface area contributed by atoms with E-state index in [0.717, 1.165) is 4.90 Å². The van der Waals surface area contributed by atoms with Crippen LogP contribution in [0.15, 0.2) is 24.0 Å². The van der Waals surface area contributed by atoms with E-state index in [0.29, 0.717) is 17.1 Å². The van der Waals surface area contributed by atoms with Gasteiger partial charge in [0.1, 0.15) is 11.5 Å². The topological polar surface area (TPSA) is 65.1 Å². The summed E-state index contributed by atoms with van der Waals surface area (Å²) in [6.45, 7) is 5.30. The zero-order valence-corrected chi connectivity index (χ0v) is 13.3. The van der Waals surface area contributed by atoms with Crippen molar-refractivity contribution in [2.75, 3.05) is 14.2 Å². The number of nitrogens with zero attached hydrogens (tertiary/aromatic N) is 1. The molecule has 1 aromatic carbocycles. The lowest BCUT2D eigenvalue weighted by molar-refractivity contribution is -0.126. The van der Waals surface area contributed by atoms with Gasteiger partial charge in [-0.3, -0.25) is 4.79 Å². The number of hydrogen-bond donors (Lipinski definition) is 0. The third-order valence-corrected chi connectivity index (χ3v) is 3.19. The van der Waals surface area contributed by atoms with Gasteiger partial charge in [-0.25, -0.2) is 9.69 Å². The Morgan fingerprint density at radius 3 is 2.32 bits per heavy atom. The maximum absolute atomic E-state index is 12.3. The average molecular weight is 305 g/mol. The van der Waals surface area contributed by atoms with E-state index in [1.807, 2.05) is 0 Å². The van der Waals surface area contributed by atoms with Crippen LogP contribution in [0.1, 0.15) is 26.3 Å². The minimum Gasteiger partial charge on any atom is -0.497 e. The maximum Gasteiger partial charge on any atom is 0.423 e. The first-order valence-corrected chi connectivity index (χ1v) is 6.78. The average Bonchev–Trinajstić information content (AvgIpc) is 2.73. The van der Waals surface area contributed by atoms with Gasteiger partial charge in [-0.1, -0.05) is 0 Å². The van der Waals surface area contributed by atoms with E-state index in [2.05, 4.69) is 0 Å². The van der Waals surface area contributed by atoms with Crippen molar-refractivity contribution in [3.63, 3.8) is 0 Å².